The van der Waals surface area contributed by atoms with Crippen molar-refractivity contribution in [2.24, 2.45) is 5.14 Å². The molecule has 0 bridgehead atoms. The highest BCUT2D eigenvalue weighted by Gasteiger charge is 2.30. The summed E-state index contributed by atoms with van der Waals surface area (Å²) in [4.78, 5) is 0. The van der Waals surface area contributed by atoms with E-state index in [0.717, 1.165) is 6.61 Å². The van der Waals surface area contributed by atoms with Gasteiger partial charge >= 0.3 is 0 Å². The molecule has 0 radical (unpaired) electrons. The number of methoxy groups -OCH3 is 1. The van der Waals surface area contributed by atoms with Gasteiger partial charge in [0.15, 0.2) is 0 Å². The maximum atomic E-state index is 5.53. The topological polar surface area (TPSA) is 38.5 Å². The molecular formula is C7H16N2OS. The highest BCUT2D eigenvalue weighted by molar-refractivity contribution is 7.94. The van der Waals surface area contributed by atoms with Crippen molar-refractivity contribution in [2.45, 2.75) is 31.8 Å². The van der Waals surface area contributed by atoms with Gasteiger partial charge in [-0.05, 0) is 19.8 Å². The molecule has 1 heterocycles. The van der Waals surface area contributed by atoms with Gasteiger partial charge in [-0.1, -0.05) is 0 Å². The monoisotopic (exact) mass is 176 g/mol. The highest BCUT2D eigenvalue weighted by Crippen LogP contribution is 2.27. The number of ether oxygens (including phenoxy) is 1. The first-order valence-corrected chi connectivity index (χ1v) is 4.77. The Balaban J connectivity index is 2.40. The van der Waals surface area contributed by atoms with Crippen molar-refractivity contribution in [3.05, 3.63) is 0 Å². The molecule has 3 nitrogen and oxygen atoms in total. The Morgan fingerprint density at radius 2 is 2.36 bits per heavy atom. The Labute approximate surface area is 72.5 Å². The SMILES string of the molecule is COCC1CCC(C)N1SN. The lowest BCUT2D eigenvalue weighted by Gasteiger charge is -2.23. The normalized spacial score (nSPS) is 33.0. The third-order valence-electron chi connectivity index (χ3n) is 2.19. The second-order valence-electron chi connectivity index (χ2n) is 3.00. The summed E-state index contributed by atoms with van der Waals surface area (Å²) in [5.74, 6) is 0. The van der Waals surface area contributed by atoms with Gasteiger partial charge in [0.1, 0.15) is 0 Å². The van der Waals surface area contributed by atoms with Crippen molar-refractivity contribution in [3.63, 3.8) is 0 Å². The fourth-order valence-electron chi connectivity index (χ4n) is 1.59. The lowest BCUT2D eigenvalue weighted by molar-refractivity contribution is 0.147. The summed E-state index contributed by atoms with van der Waals surface area (Å²) in [6.45, 7) is 3.00. The quantitative estimate of drug-likeness (QED) is 0.651. The zero-order valence-electron chi connectivity index (χ0n) is 7.12. The molecule has 0 spiro atoms. The Hall–Kier alpha value is 0.230. The molecule has 66 valence electrons. The van der Waals surface area contributed by atoms with E-state index >= 15 is 0 Å². The van der Waals surface area contributed by atoms with Crippen molar-refractivity contribution in [2.75, 3.05) is 13.7 Å². The molecule has 1 saturated heterocycles. The summed E-state index contributed by atoms with van der Waals surface area (Å²) in [5, 5.41) is 5.53. The van der Waals surface area contributed by atoms with E-state index in [1.807, 2.05) is 0 Å². The molecular weight excluding hydrogens is 160 g/mol. The van der Waals surface area contributed by atoms with Crippen LogP contribution in [0.1, 0.15) is 19.8 Å². The Morgan fingerprint density at radius 3 is 2.91 bits per heavy atom. The molecule has 0 aromatic carbocycles. The number of nitrogens with zero attached hydrogens (tertiary/aromatic N) is 1. The van der Waals surface area contributed by atoms with Crippen LogP contribution in [0.3, 0.4) is 0 Å². The first-order valence-electron chi connectivity index (χ1n) is 3.93. The summed E-state index contributed by atoms with van der Waals surface area (Å²) in [7, 11) is 1.74. The van der Waals surface area contributed by atoms with E-state index in [4.69, 9.17) is 9.88 Å². The van der Waals surface area contributed by atoms with Crippen molar-refractivity contribution >= 4 is 12.1 Å². The third-order valence-corrected chi connectivity index (χ3v) is 3.09. The molecule has 2 unspecified atom stereocenters. The Morgan fingerprint density at radius 1 is 1.64 bits per heavy atom. The second kappa shape index (κ2) is 4.30. The van der Waals surface area contributed by atoms with Crippen LogP contribution >= 0.6 is 12.1 Å². The lowest BCUT2D eigenvalue weighted by Crippen LogP contribution is -2.32. The number of hydrogen-bond donors (Lipinski definition) is 1. The van der Waals surface area contributed by atoms with Gasteiger partial charge in [0.25, 0.3) is 0 Å². The summed E-state index contributed by atoms with van der Waals surface area (Å²) < 4.78 is 7.32. The molecule has 0 aromatic rings. The molecule has 0 saturated carbocycles. The summed E-state index contributed by atoms with van der Waals surface area (Å²) in [6.07, 6.45) is 2.44. The van der Waals surface area contributed by atoms with E-state index in [1.165, 1.54) is 25.0 Å². The van der Waals surface area contributed by atoms with Gasteiger partial charge in [-0.15, -0.1) is 0 Å². The Bertz CT molecular complexity index is 121. The standard InChI is InChI=1S/C7H16N2OS/c1-6-3-4-7(5-10-2)9(6)11-8/h6-7H,3-5,8H2,1-2H3. The molecule has 11 heavy (non-hydrogen) atoms. The Kier molecular flexibility index (Phi) is 3.65. The zero-order chi connectivity index (χ0) is 8.27. The van der Waals surface area contributed by atoms with Crippen LogP contribution in [0, 0.1) is 0 Å². The van der Waals surface area contributed by atoms with E-state index in [2.05, 4.69) is 11.2 Å². The molecule has 0 aliphatic carbocycles. The zero-order valence-corrected chi connectivity index (χ0v) is 7.93. The van der Waals surface area contributed by atoms with Crippen LogP contribution in [-0.2, 0) is 4.74 Å². The minimum atomic E-state index is 0.519. The average molecular weight is 176 g/mol. The predicted molar refractivity (Wildman–Crippen MR) is 48.0 cm³/mol. The first-order chi connectivity index (χ1) is 5.29. The van der Waals surface area contributed by atoms with Gasteiger partial charge in [0.05, 0.1) is 6.61 Å². The summed E-state index contributed by atoms with van der Waals surface area (Å²) in [6, 6.07) is 1.12. The lowest BCUT2D eigenvalue weighted by atomic mass is 10.2. The van der Waals surface area contributed by atoms with E-state index < -0.39 is 0 Å². The molecule has 2 atom stereocenters. The number of hydrogen-bond acceptors (Lipinski definition) is 4. The fourth-order valence-corrected chi connectivity index (χ4v) is 2.24. The van der Waals surface area contributed by atoms with Crippen molar-refractivity contribution < 1.29 is 4.74 Å². The predicted octanol–water partition coefficient (Wildman–Crippen LogP) is 1.01. The van der Waals surface area contributed by atoms with Gasteiger partial charge < -0.3 is 4.74 Å². The molecule has 1 rings (SSSR count). The van der Waals surface area contributed by atoms with Crippen molar-refractivity contribution in [3.8, 4) is 0 Å². The average Bonchev–Trinajstić information content (AvgIpc) is 2.33. The van der Waals surface area contributed by atoms with E-state index in [9.17, 15) is 0 Å². The van der Waals surface area contributed by atoms with Crippen LogP contribution in [0.4, 0.5) is 0 Å². The van der Waals surface area contributed by atoms with Gasteiger partial charge in [-0.3, -0.25) is 5.14 Å². The number of rotatable bonds is 3. The summed E-state index contributed by atoms with van der Waals surface area (Å²) >= 11 is 1.34. The minimum absolute atomic E-state index is 0.519. The van der Waals surface area contributed by atoms with Crippen LogP contribution < -0.4 is 5.14 Å². The van der Waals surface area contributed by atoms with E-state index in [-0.39, 0.29) is 0 Å². The van der Waals surface area contributed by atoms with Gasteiger partial charge in [0.2, 0.25) is 0 Å². The van der Waals surface area contributed by atoms with Crippen LogP contribution in [-0.4, -0.2) is 30.1 Å². The van der Waals surface area contributed by atoms with E-state index in [1.54, 1.807) is 7.11 Å². The maximum Gasteiger partial charge on any atom is 0.0627 e. The van der Waals surface area contributed by atoms with Gasteiger partial charge in [-0.2, -0.15) is 0 Å². The van der Waals surface area contributed by atoms with Crippen molar-refractivity contribution in [1.29, 1.82) is 0 Å². The van der Waals surface area contributed by atoms with E-state index in [0.29, 0.717) is 12.1 Å². The fraction of sp³-hybridized carbons (Fsp3) is 1.00. The highest BCUT2D eigenvalue weighted by atomic mass is 32.2. The first kappa shape index (κ1) is 9.32. The molecule has 1 aliphatic heterocycles. The van der Waals surface area contributed by atoms with Crippen LogP contribution in [0.25, 0.3) is 0 Å². The number of nitrogens with two attached hydrogens (primary N) is 1. The largest absolute Gasteiger partial charge is 0.383 e. The summed E-state index contributed by atoms with van der Waals surface area (Å²) in [5.41, 5.74) is 0. The third kappa shape index (κ3) is 2.08. The van der Waals surface area contributed by atoms with Crippen LogP contribution in [0.5, 0.6) is 0 Å². The minimum Gasteiger partial charge on any atom is -0.383 e. The van der Waals surface area contributed by atoms with Crippen LogP contribution in [0.2, 0.25) is 0 Å². The molecule has 0 aromatic heterocycles. The van der Waals surface area contributed by atoms with Crippen molar-refractivity contribution in [1.82, 2.24) is 4.31 Å². The molecule has 4 heteroatoms. The van der Waals surface area contributed by atoms with Gasteiger partial charge in [0, 0.05) is 31.3 Å². The molecule has 1 fully saturated rings. The molecule has 2 N–H and O–H groups in total. The van der Waals surface area contributed by atoms with Gasteiger partial charge in [-0.25, -0.2) is 4.31 Å². The maximum absolute atomic E-state index is 5.53. The smallest absolute Gasteiger partial charge is 0.0627 e. The molecule has 1 aliphatic rings. The second-order valence-corrected chi connectivity index (χ2v) is 3.63. The van der Waals surface area contributed by atoms with Crippen LogP contribution in [0.15, 0.2) is 0 Å². The molecule has 0 amide bonds.